The molecule has 4 nitrogen and oxygen atoms in total. The van der Waals surface area contributed by atoms with Gasteiger partial charge in [-0.25, -0.2) is 9.18 Å². The predicted molar refractivity (Wildman–Crippen MR) is 26.5 cm³/mol. The fourth-order valence-corrected chi connectivity index (χ4v) is 0.543. The average Bonchev–Trinajstić information content (AvgIpc) is 1.84. The minimum absolute atomic E-state index is 1.21. The Labute approximate surface area is 58.7 Å². The number of urea groups is 1. The minimum atomic E-state index is -4.17. The minimum Gasteiger partial charge on any atom is -0.302 e. The predicted octanol–water partition coefficient (Wildman–Crippen LogP) is -0.243. The lowest BCUT2D eigenvalue weighted by atomic mass is 10.2. The van der Waals surface area contributed by atoms with Crippen molar-refractivity contribution in [1.29, 1.82) is 0 Å². The lowest BCUT2D eigenvalue weighted by Gasteiger charge is -2.24. The number of amides is 3. The second-order valence-electron chi connectivity index (χ2n) is 1.91. The number of hydrogen-bond donors (Lipinski definition) is 2. The lowest BCUT2D eigenvalue weighted by Crippen LogP contribution is -2.63. The van der Waals surface area contributed by atoms with Crippen LogP contribution in [-0.4, -0.2) is 24.2 Å². The summed E-state index contributed by atoms with van der Waals surface area (Å²) in [4.78, 5) is 20.3. The third-order valence-electron chi connectivity index (χ3n) is 1.11. The molecule has 0 radical (unpaired) electrons. The van der Waals surface area contributed by atoms with Crippen LogP contribution in [0.4, 0.5) is 18.0 Å². The smallest absolute Gasteiger partial charge is 0.302 e. The maximum Gasteiger partial charge on any atom is 0.373 e. The second-order valence-corrected chi connectivity index (χ2v) is 1.91. The zero-order valence-corrected chi connectivity index (χ0v) is 5.03. The molecule has 1 rings (SSSR count). The summed E-state index contributed by atoms with van der Waals surface area (Å²) in [6, 6.07) is -1.26. The van der Waals surface area contributed by atoms with E-state index in [1.54, 1.807) is 0 Å². The van der Waals surface area contributed by atoms with Crippen molar-refractivity contribution in [3.8, 4) is 0 Å². The van der Waals surface area contributed by atoms with Crippen molar-refractivity contribution in [1.82, 2.24) is 10.6 Å². The summed E-state index contributed by atoms with van der Waals surface area (Å²) in [5.41, 5.74) is 0. The van der Waals surface area contributed by atoms with E-state index in [2.05, 4.69) is 0 Å². The Morgan fingerprint density at radius 2 is 1.91 bits per heavy atom. The van der Waals surface area contributed by atoms with Crippen LogP contribution in [0.2, 0.25) is 0 Å². The normalized spacial score (nSPS) is 29.2. The highest BCUT2D eigenvalue weighted by Crippen LogP contribution is 2.21. The van der Waals surface area contributed by atoms with Crippen LogP contribution in [0.15, 0.2) is 0 Å². The molecule has 1 aliphatic heterocycles. The van der Waals surface area contributed by atoms with Crippen LogP contribution in [0.5, 0.6) is 0 Å². The maximum absolute atomic E-state index is 12.2. The van der Waals surface area contributed by atoms with Crippen LogP contribution < -0.4 is 10.6 Å². The number of rotatable bonds is 0. The Balaban J connectivity index is 2.84. The van der Waals surface area contributed by atoms with E-state index in [0.29, 0.717) is 0 Å². The summed E-state index contributed by atoms with van der Waals surface area (Å²) in [6.07, 6.45) is -2.94. The molecule has 0 aromatic carbocycles. The number of carbonyl (C=O) groups excluding carboxylic acids is 2. The molecule has 11 heavy (non-hydrogen) atoms. The number of nitrogens with one attached hydrogen (secondary N) is 2. The largest absolute Gasteiger partial charge is 0.373 e. The first kappa shape index (κ1) is 7.83. The summed E-state index contributed by atoms with van der Waals surface area (Å²) < 4.78 is 36.4. The molecule has 0 bridgehead atoms. The summed E-state index contributed by atoms with van der Waals surface area (Å²) in [5, 5.41) is 2.43. The maximum atomic E-state index is 12.2. The molecule has 0 aromatic rings. The van der Waals surface area contributed by atoms with Crippen molar-refractivity contribution in [2.45, 2.75) is 12.2 Å². The first-order valence-electron chi connectivity index (χ1n) is 2.58. The lowest BCUT2D eigenvalue weighted by molar-refractivity contribution is -0.159. The van der Waals surface area contributed by atoms with E-state index in [1.807, 2.05) is 0 Å². The summed E-state index contributed by atoms with van der Waals surface area (Å²) >= 11 is 0. The van der Waals surface area contributed by atoms with Gasteiger partial charge in [-0.2, -0.15) is 8.78 Å². The molecule has 1 fully saturated rings. The molecular formula is C4H3F3N2O2. The molecule has 3 amide bonds. The van der Waals surface area contributed by atoms with Gasteiger partial charge in [-0.3, -0.25) is 10.1 Å². The van der Waals surface area contributed by atoms with E-state index in [1.165, 1.54) is 10.6 Å². The second kappa shape index (κ2) is 2.11. The van der Waals surface area contributed by atoms with Crippen LogP contribution >= 0.6 is 0 Å². The molecule has 1 heterocycles. The first-order chi connectivity index (χ1) is 4.94. The van der Waals surface area contributed by atoms with E-state index < -0.39 is 24.2 Å². The zero-order valence-electron chi connectivity index (χ0n) is 5.03. The van der Waals surface area contributed by atoms with Gasteiger partial charge in [-0.05, 0) is 0 Å². The Kier molecular flexibility index (Phi) is 1.50. The fraction of sp³-hybridized carbons (Fsp3) is 0.500. The van der Waals surface area contributed by atoms with Gasteiger partial charge in [0.2, 0.25) is 6.30 Å². The topological polar surface area (TPSA) is 58.2 Å². The molecule has 62 valence electrons. The molecule has 0 saturated carbocycles. The van der Waals surface area contributed by atoms with Crippen molar-refractivity contribution < 1.29 is 22.8 Å². The molecule has 1 atom stereocenters. The highest BCUT2D eigenvalue weighted by Gasteiger charge is 2.52. The van der Waals surface area contributed by atoms with E-state index in [9.17, 15) is 22.8 Å². The van der Waals surface area contributed by atoms with E-state index >= 15 is 0 Å². The van der Waals surface area contributed by atoms with Gasteiger partial charge < -0.3 is 5.32 Å². The number of halogens is 3. The SMILES string of the molecule is O=C1NC(=O)C(F)(F)C(F)N1. The molecule has 0 aliphatic carbocycles. The van der Waals surface area contributed by atoms with Crippen molar-refractivity contribution in [2.24, 2.45) is 0 Å². The molecule has 1 unspecified atom stereocenters. The standard InChI is InChI=1S/C4H3F3N2O2/c5-1-4(6,7)2(10)9-3(11)8-1/h1H,(H2,8,9,10,11). The summed E-state index contributed by atoms with van der Waals surface area (Å²) in [7, 11) is 0. The van der Waals surface area contributed by atoms with Gasteiger partial charge in [0.15, 0.2) is 0 Å². The average molecular weight is 168 g/mol. The third kappa shape index (κ3) is 1.13. The fourth-order valence-electron chi connectivity index (χ4n) is 0.543. The van der Waals surface area contributed by atoms with Crippen LogP contribution in [0.1, 0.15) is 0 Å². The molecule has 0 spiro atoms. The summed E-state index contributed by atoms with van der Waals surface area (Å²) in [5.74, 6) is -6.10. The zero-order chi connectivity index (χ0) is 8.65. The number of imide groups is 1. The van der Waals surface area contributed by atoms with Crippen molar-refractivity contribution >= 4 is 11.9 Å². The highest BCUT2D eigenvalue weighted by molar-refractivity contribution is 6.00. The van der Waals surface area contributed by atoms with Gasteiger partial charge in [0.05, 0.1) is 0 Å². The van der Waals surface area contributed by atoms with Gasteiger partial charge in [-0.1, -0.05) is 0 Å². The first-order valence-corrected chi connectivity index (χ1v) is 2.58. The number of alkyl halides is 3. The van der Waals surface area contributed by atoms with E-state index in [-0.39, 0.29) is 0 Å². The van der Waals surface area contributed by atoms with Crippen molar-refractivity contribution in [3.63, 3.8) is 0 Å². The van der Waals surface area contributed by atoms with Crippen LogP contribution in [0, 0.1) is 0 Å². The molecule has 7 heteroatoms. The van der Waals surface area contributed by atoms with Gasteiger partial charge in [0.1, 0.15) is 0 Å². The van der Waals surface area contributed by atoms with Crippen LogP contribution in [-0.2, 0) is 4.79 Å². The molecule has 1 saturated heterocycles. The Bertz CT molecular complexity index is 217. The Hall–Kier alpha value is -1.27. The quantitative estimate of drug-likeness (QED) is 0.490. The molecule has 2 N–H and O–H groups in total. The summed E-state index contributed by atoms with van der Waals surface area (Å²) in [6.45, 7) is 0. The van der Waals surface area contributed by atoms with Crippen molar-refractivity contribution in [2.75, 3.05) is 0 Å². The van der Waals surface area contributed by atoms with Crippen molar-refractivity contribution in [3.05, 3.63) is 0 Å². The van der Waals surface area contributed by atoms with Gasteiger partial charge in [0.25, 0.3) is 0 Å². The van der Waals surface area contributed by atoms with Gasteiger partial charge in [0, 0.05) is 0 Å². The number of carbonyl (C=O) groups is 2. The Morgan fingerprint density at radius 3 is 2.36 bits per heavy atom. The molecule has 0 aromatic heterocycles. The van der Waals surface area contributed by atoms with Crippen LogP contribution in [0.25, 0.3) is 0 Å². The molecular weight excluding hydrogens is 165 g/mol. The van der Waals surface area contributed by atoms with Gasteiger partial charge in [-0.15, -0.1) is 0 Å². The molecule has 1 aliphatic rings. The highest BCUT2D eigenvalue weighted by atomic mass is 19.3. The third-order valence-corrected chi connectivity index (χ3v) is 1.11. The van der Waals surface area contributed by atoms with E-state index in [4.69, 9.17) is 0 Å². The number of hydrogen-bond acceptors (Lipinski definition) is 2. The van der Waals surface area contributed by atoms with Gasteiger partial charge >= 0.3 is 17.9 Å². The Morgan fingerprint density at radius 1 is 1.36 bits per heavy atom. The van der Waals surface area contributed by atoms with Crippen LogP contribution in [0.3, 0.4) is 0 Å². The van der Waals surface area contributed by atoms with E-state index in [0.717, 1.165) is 0 Å². The monoisotopic (exact) mass is 168 g/mol.